The zero-order valence-corrected chi connectivity index (χ0v) is 13.6. The number of ether oxygens (including phenoxy) is 1. The molecule has 2 N–H and O–H groups in total. The minimum atomic E-state index is -0.526. The number of phenols is 1. The molecule has 122 valence electrons. The highest BCUT2D eigenvalue weighted by Crippen LogP contribution is 2.21. The molecule has 0 aliphatic heterocycles. The van der Waals surface area contributed by atoms with Gasteiger partial charge >= 0.3 is 5.97 Å². The molecule has 7 nitrogen and oxygen atoms in total. The number of carbonyl (C=O) groups excluding carboxylic acids is 2. The lowest BCUT2D eigenvalue weighted by Gasteiger charge is -2.08. The van der Waals surface area contributed by atoms with Crippen LogP contribution in [0.4, 0.5) is 5.82 Å². The summed E-state index contributed by atoms with van der Waals surface area (Å²) in [5.41, 5.74) is 0.220. The van der Waals surface area contributed by atoms with E-state index in [9.17, 15) is 14.7 Å². The van der Waals surface area contributed by atoms with Crippen molar-refractivity contribution in [3.8, 4) is 5.75 Å². The van der Waals surface area contributed by atoms with E-state index in [1.54, 1.807) is 38.2 Å². The van der Waals surface area contributed by atoms with E-state index in [1.807, 2.05) is 0 Å². The number of anilines is 1. The van der Waals surface area contributed by atoms with Gasteiger partial charge < -0.3 is 15.2 Å². The van der Waals surface area contributed by atoms with Gasteiger partial charge in [0, 0.05) is 11.9 Å². The summed E-state index contributed by atoms with van der Waals surface area (Å²) in [5.74, 6) is -0.148. The van der Waals surface area contributed by atoms with Gasteiger partial charge in [0.2, 0.25) is 5.91 Å². The van der Waals surface area contributed by atoms with Crippen LogP contribution in [0.25, 0.3) is 0 Å². The second-order valence-corrected chi connectivity index (χ2v) is 5.63. The molecule has 2 rings (SSSR count). The fourth-order valence-electron chi connectivity index (χ4n) is 1.80. The van der Waals surface area contributed by atoms with Crippen LogP contribution < -0.4 is 5.32 Å². The Balaban J connectivity index is 1.98. The lowest BCUT2D eigenvalue weighted by molar-refractivity contribution is -0.113. The van der Waals surface area contributed by atoms with Gasteiger partial charge in [-0.1, -0.05) is 0 Å². The summed E-state index contributed by atoms with van der Waals surface area (Å²) in [6.07, 6.45) is 1.36. The first-order chi connectivity index (χ1) is 11.0. The summed E-state index contributed by atoms with van der Waals surface area (Å²) < 4.78 is 6.34. The van der Waals surface area contributed by atoms with Crippen LogP contribution in [0.15, 0.2) is 35.4 Å². The maximum Gasteiger partial charge on any atom is 0.343 e. The first-order valence-electron chi connectivity index (χ1n) is 6.92. The van der Waals surface area contributed by atoms with Crippen LogP contribution in [0.2, 0.25) is 0 Å². The number of nitrogens with one attached hydrogen (secondary N) is 1. The average molecular weight is 335 g/mol. The van der Waals surface area contributed by atoms with E-state index in [2.05, 4.69) is 10.4 Å². The summed E-state index contributed by atoms with van der Waals surface area (Å²) in [6.45, 7) is 1.96. The van der Waals surface area contributed by atoms with E-state index < -0.39 is 5.97 Å². The van der Waals surface area contributed by atoms with Crippen LogP contribution in [0.1, 0.15) is 17.3 Å². The number of aryl methyl sites for hydroxylation is 1. The van der Waals surface area contributed by atoms with Gasteiger partial charge in [0.15, 0.2) is 0 Å². The summed E-state index contributed by atoms with van der Waals surface area (Å²) in [5, 5.41) is 15.9. The third-order valence-electron chi connectivity index (χ3n) is 2.90. The first-order valence-corrected chi connectivity index (χ1v) is 7.90. The molecular weight excluding hydrogens is 318 g/mol. The fraction of sp³-hybridized carbons (Fsp3) is 0.267. The first kappa shape index (κ1) is 16.9. The SMILES string of the molecule is CCOC(=O)c1cnn(C)c1NC(=O)CSc1ccc(O)cc1. The van der Waals surface area contributed by atoms with Crippen molar-refractivity contribution in [1.82, 2.24) is 9.78 Å². The van der Waals surface area contributed by atoms with Gasteiger partial charge in [-0.2, -0.15) is 5.10 Å². The predicted molar refractivity (Wildman–Crippen MR) is 86.6 cm³/mol. The Kier molecular flexibility index (Phi) is 5.64. The Hall–Kier alpha value is -2.48. The molecule has 23 heavy (non-hydrogen) atoms. The number of aromatic hydroxyl groups is 1. The number of nitrogens with zero attached hydrogens (tertiary/aromatic N) is 2. The number of benzene rings is 1. The highest BCUT2D eigenvalue weighted by Gasteiger charge is 2.19. The number of thioether (sulfide) groups is 1. The molecule has 8 heteroatoms. The molecule has 1 aromatic carbocycles. The van der Waals surface area contributed by atoms with Crippen molar-refractivity contribution in [1.29, 1.82) is 0 Å². The van der Waals surface area contributed by atoms with Gasteiger partial charge in [-0.15, -0.1) is 11.8 Å². The summed E-state index contributed by atoms with van der Waals surface area (Å²) in [6, 6.07) is 6.56. The van der Waals surface area contributed by atoms with Crippen LogP contribution >= 0.6 is 11.8 Å². The predicted octanol–water partition coefficient (Wildman–Crippen LogP) is 2.03. The Morgan fingerprint density at radius 2 is 2.04 bits per heavy atom. The molecule has 0 saturated carbocycles. The molecule has 0 unspecified atom stereocenters. The lowest BCUT2D eigenvalue weighted by Crippen LogP contribution is -2.19. The van der Waals surface area contributed by atoms with E-state index in [1.165, 1.54) is 22.6 Å². The van der Waals surface area contributed by atoms with Crippen molar-refractivity contribution in [2.24, 2.45) is 7.05 Å². The van der Waals surface area contributed by atoms with Crippen molar-refractivity contribution in [3.63, 3.8) is 0 Å². The van der Waals surface area contributed by atoms with Crippen molar-refractivity contribution >= 4 is 29.5 Å². The van der Waals surface area contributed by atoms with Crippen molar-refractivity contribution < 1.29 is 19.4 Å². The van der Waals surface area contributed by atoms with Crippen molar-refractivity contribution in [3.05, 3.63) is 36.0 Å². The van der Waals surface area contributed by atoms with E-state index in [-0.39, 0.29) is 29.6 Å². The number of aromatic nitrogens is 2. The summed E-state index contributed by atoms with van der Waals surface area (Å²) >= 11 is 1.32. The maximum atomic E-state index is 12.1. The Morgan fingerprint density at radius 3 is 2.70 bits per heavy atom. The molecule has 1 heterocycles. The molecule has 2 aromatic rings. The molecule has 0 aliphatic rings. The van der Waals surface area contributed by atoms with Gasteiger partial charge in [-0.05, 0) is 31.2 Å². The highest BCUT2D eigenvalue weighted by atomic mass is 32.2. The monoisotopic (exact) mass is 335 g/mol. The molecule has 0 fully saturated rings. The summed E-state index contributed by atoms with van der Waals surface area (Å²) in [7, 11) is 1.63. The number of esters is 1. The van der Waals surface area contributed by atoms with Crippen LogP contribution in [-0.4, -0.2) is 39.1 Å². The van der Waals surface area contributed by atoms with E-state index in [0.717, 1.165) is 4.90 Å². The normalized spacial score (nSPS) is 10.3. The maximum absolute atomic E-state index is 12.1. The zero-order chi connectivity index (χ0) is 16.8. The van der Waals surface area contributed by atoms with Crippen molar-refractivity contribution in [2.45, 2.75) is 11.8 Å². The van der Waals surface area contributed by atoms with Gasteiger partial charge in [0.1, 0.15) is 17.1 Å². The number of hydrogen-bond donors (Lipinski definition) is 2. The minimum Gasteiger partial charge on any atom is -0.508 e. The molecule has 1 amide bonds. The van der Waals surface area contributed by atoms with E-state index in [0.29, 0.717) is 5.82 Å². The number of phenolic OH excluding ortho intramolecular Hbond substituents is 1. The third kappa shape index (κ3) is 4.49. The van der Waals surface area contributed by atoms with E-state index >= 15 is 0 Å². The number of carbonyl (C=O) groups is 2. The second-order valence-electron chi connectivity index (χ2n) is 4.58. The largest absolute Gasteiger partial charge is 0.508 e. The molecular formula is C15H17N3O4S. The molecule has 0 atom stereocenters. The zero-order valence-electron chi connectivity index (χ0n) is 12.8. The summed E-state index contributed by atoms with van der Waals surface area (Å²) in [4.78, 5) is 24.7. The molecule has 0 spiro atoms. The topological polar surface area (TPSA) is 93.5 Å². The number of rotatable bonds is 6. The Morgan fingerprint density at radius 1 is 1.35 bits per heavy atom. The minimum absolute atomic E-state index is 0.165. The standard InChI is InChI=1S/C15H17N3O4S/c1-3-22-15(21)12-8-16-18(2)14(12)17-13(20)9-23-11-6-4-10(19)5-7-11/h4-8,19H,3,9H2,1-2H3,(H,17,20). The van der Waals surface area contributed by atoms with Crippen molar-refractivity contribution in [2.75, 3.05) is 17.7 Å². The van der Waals surface area contributed by atoms with Gasteiger partial charge in [-0.3, -0.25) is 9.48 Å². The lowest BCUT2D eigenvalue weighted by atomic mass is 10.3. The Bertz CT molecular complexity index is 697. The van der Waals surface area contributed by atoms with Crippen LogP contribution in [0, 0.1) is 0 Å². The highest BCUT2D eigenvalue weighted by molar-refractivity contribution is 8.00. The smallest absolute Gasteiger partial charge is 0.343 e. The van der Waals surface area contributed by atoms with Gasteiger partial charge in [-0.25, -0.2) is 4.79 Å². The van der Waals surface area contributed by atoms with Gasteiger partial charge in [0.25, 0.3) is 0 Å². The average Bonchev–Trinajstić information content (AvgIpc) is 2.88. The second kappa shape index (κ2) is 7.68. The Labute approximate surface area is 137 Å². The number of hydrogen-bond acceptors (Lipinski definition) is 6. The molecule has 0 bridgehead atoms. The van der Waals surface area contributed by atoms with Crippen LogP contribution in [0.3, 0.4) is 0 Å². The number of amides is 1. The third-order valence-corrected chi connectivity index (χ3v) is 3.91. The van der Waals surface area contributed by atoms with Crippen LogP contribution in [-0.2, 0) is 16.6 Å². The fourth-order valence-corrected chi connectivity index (χ4v) is 2.50. The quantitative estimate of drug-likeness (QED) is 0.620. The van der Waals surface area contributed by atoms with E-state index in [4.69, 9.17) is 4.74 Å². The molecule has 1 aromatic heterocycles. The molecule has 0 radical (unpaired) electrons. The molecule has 0 saturated heterocycles. The van der Waals surface area contributed by atoms with Crippen LogP contribution in [0.5, 0.6) is 5.75 Å². The van der Waals surface area contributed by atoms with Gasteiger partial charge in [0.05, 0.1) is 18.6 Å². The molecule has 0 aliphatic carbocycles.